The van der Waals surface area contributed by atoms with Crippen molar-refractivity contribution < 1.29 is 0 Å². The van der Waals surface area contributed by atoms with Gasteiger partial charge in [-0.25, -0.2) is 0 Å². The first-order chi connectivity index (χ1) is 7.93. The highest BCUT2D eigenvalue weighted by molar-refractivity contribution is 5.21. The van der Waals surface area contributed by atoms with Gasteiger partial charge in [-0.15, -0.1) is 0 Å². The summed E-state index contributed by atoms with van der Waals surface area (Å²) in [6, 6.07) is 9.51. The minimum atomic E-state index is 0.349. The monoisotopic (exact) mass is 233 g/mol. The second-order valence-corrected chi connectivity index (χ2v) is 6.09. The van der Waals surface area contributed by atoms with E-state index in [0.717, 1.165) is 0 Å². The Hall–Kier alpha value is -0.820. The first kappa shape index (κ1) is 14.2. The fraction of sp³-hybridized carbons (Fsp3) is 0.625. The molecule has 1 aromatic rings. The number of rotatable bonds is 5. The van der Waals surface area contributed by atoms with Crippen LogP contribution < -0.4 is 5.32 Å². The molecule has 0 aliphatic carbocycles. The summed E-state index contributed by atoms with van der Waals surface area (Å²) in [4.78, 5) is 0. The van der Waals surface area contributed by atoms with Gasteiger partial charge in [0.2, 0.25) is 0 Å². The van der Waals surface area contributed by atoms with Crippen LogP contribution in [0.1, 0.15) is 44.7 Å². The van der Waals surface area contributed by atoms with Crippen LogP contribution in [0.25, 0.3) is 0 Å². The number of nitrogens with one attached hydrogen (secondary N) is 1. The topological polar surface area (TPSA) is 12.0 Å². The van der Waals surface area contributed by atoms with E-state index in [9.17, 15) is 0 Å². The van der Waals surface area contributed by atoms with Crippen LogP contribution in [-0.4, -0.2) is 13.1 Å². The van der Waals surface area contributed by atoms with Gasteiger partial charge >= 0.3 is 0 Å². The highest BCUT2D eigenvalue weighted by Gasteiger charge is 2.21. The Kier molecular flexibility index (Phi) is 5.20. The van der Waals surface area contributed by atoms with Crippen LogP contribution in [0, 0.1) is 12.3 Å². The number of hydrogen-bond donors (Lipinski definition) is 1. The van der Waals surface area contributed by atoms with Gasteiger partial charge < -0.3 is 5.32 Å². The zero-order valence-corrected chi connectivity index (χ0v) is 12.0. The SMILES string of the molecule is CNC(CCCc1ccc(C)cc1)C(C)(C)C. The van der Waals surface area contributed by atoms with Gasteiger partial charge in [0.15, 0.2) is 0 Å². The van der Waals surface area contributed by atoms with Crippen molar-refractivity contribution in [3.63, 3.8) is 0 Å². The molecule has 1 heteroatoms. The molecule has 0 aliphatic heterocycles. The van der Waals surface area contributed by atoms with E-state index < -0.39 is 0 Å². The van der Waals surface area contributed by atoms with E-state index in [1.54, 1.807) is 0 Å². The molecule has 0 radical (unpaired) electrons. The van der Waals surface area contributed by atoms with E-state index in [1.165, 1.54) is 30.4 Å². The minimum Gasteiger partial charge on any atom is -0.316 e. The first-order valence-electron chi connectivity index (χ1n) is 6.66. The van der Waals surface area contributed by atoms with Gasteiger partial charge in [0.1, 0.15) is 0 Å². The number of hydrogen-bond acceptors (Lipinski definition) is 1. The van der Waals surface area contributed by atoms with Crippen LogP contribution >= 0.6 is 0 Å². The Bertz CT molecular complexity index is 318. The fourth-order valence-corrected chi connectivity index (χ4v) is 2.28. The van der Waals surface area contributed by atoms with Crippen molar-refractivity contribution in [2.24, 2.45) is 5.41 Å². The summed E-state index contributed by atoms with van der Waals surface area (Å²) in [5, 5.41) is 3.44. The summed E-state index contributed by atoms with van der Waals surface area (Å²) in [6.45, 7) is 9.06. The van der Waals surface area contributed by atoms with Gasteiger partial charge in [0, 0.05) is 6.04 Å². The molecule has 1 N–H and O–H groups in total. The third kappa shape index (κ3) is 4.91. The fourth-order valence-electron chi connectivity index (χ4n) is 2.28. The lowest BCUT2D eigenvalue weighted by molar-refractivity contribution is 0.263. The highest BCUT2D eigenvalue weighted by Crippen LogP contribution is 2.23. The van der Waals surface area contributed by atoms with E-state index in [4.69, 9.17) is 0 Å². The number of aryl methyl sites for hydroxylation is 2. The van der Waals surface area contributed by atoms with Gasteiger partial charge in [0.05, 0.1) is 0 Å². The van der Waals surface area contributed by atoms with Crippen molar-refractivity contribution in [3.05, 3.63) is 35.4 Å². The quantitative estimate of drug-likeness (QED) is 0.812. The predicted molar refractivity (Wildman–Crippen MR) is 76.4 cm³/mol. The average molecular weight is 233 g/mol. The zero-order valence-electron chi connectivity index (χ0n) is 12.0. The van der Waals surface area contributed by atoms with Crippen LogP contribution in [-0.2, 0) is 6.42 Å². The summed E-state index contributed by atoms with van der Waals surface area (Å²) in [5.74, 6) is 0. The molecule has 0 spiro atoms. The smallest absolute Gasteiger partial charge is 0.0113 e. The molecule has 0 bridgehead atoms. The van der Waals surface area contributed by atoms with Gasteiger partial charge in [-0.2, -0.15) is 0 Å². The summed E-state index contributed by atoms with van der Waals surface area (Å²) in [5.41, 5.74) is 3.15. The Morgan fingerprint density at radius 2 is 1.71 bits per heavy atom. The normalized spacial score (nSPS) is 13.7. The van der Waals surface area contributed by atoms with Crippen molar-refractivity contribution in [1.82, 2.24) is 5.32 Å². The Morgan fingerprint density at radius 1 is 1.12 bits per heavy atom. The van der Waals surface area contributed by atoms with E-state index >= 15 is 0 Å². The van der Waals surface area contributed by atoms with E-state index in [0.29, 0.717) is 11.5 Å². The lowest BCUT2D eigenvalue weighted by atomic mass is 9.83. The zero-order chi connectivity index (χ0) is 12.9. The molecule has 17 heavy (non-hydrogen) atoms. The molecule has 0 aromatic heterocycles. The summed E-state index contributed by atoms with van der Waals surface area (Å²) in [7, 11) is 2.07. The predicted octanol–water partition coefficient (Wildman–Crippen LogP) is 3.95. The lowest BCUT2D eigenvalue weighted by Gasteiger charge is -2.30. The average Bonchev–Trinajstić information content (AvgIpc) is 2.25. The van der Waals surface area contributed by atoms with Crippen molar-refractivity contribution in [1.29, 1.82) is 0 Å². The maximum absolute atomic E-state index is 3.44. The molecule has 1 rings (SSSR count). The molecule has 0 fully saturated rings. The molecule has 0 amide bonds. The van der Waals surface area contributed by atoms with Crippen molar-refractivity contribution in [2.75, 3.05) is 7.05 Å². The van der Waals surface area contributed by atoms with Crippen LogP contribution in [0.4, 0.5) is 0 Å². The third-order valence-electron chi connectivity index (χ3n) is 3.47. The summed E-state index contributed by atoms with van der Waals surface area (Å²) < 4.78 is 0. The molecule has 96 valence electrons. The second-order valence-electron chi connectivity index (χ2n) is 6.09. The van der Waals surface area contributed by atoms with Crippen LogP contribution in [0.15, 0.2) is 24.3 Å². The van der Waals surface area contributed by atoms with E-state index in [-0.39, 0.29) is 0 Å². The number of benzene rings is 1. The molecule has 0 saturated carbocycles. The van der Waals surface area contributed by atoms with E-state index in [2.05, 4.69) is 64.3 Å². The minimum absolute atomic E-state index is 0.349. The molecule has 1 aromatic carbocycles. The highest BCUT2D eigenvalue weighted by atomic mass is 14.9. The third-order valence-corrected chi connectivity index (χ3v) is 3.47. The Balaban J connectivity index is 2.39. The van der Waals surface area contributed by atoms with E-state index in [1.807, 2.05) is 0 Å². The molecule has 1 nitrogen and oxygen atoms in total. The van der Waals surface area contributed by atoms with Gasteiger partial charge in [-0.3, -0.25) is 0 Å². The van der Waals surface area contributed by atoms with Gasteiger partial charge in [-0.05, 0) is 44.2 Å². The van der Waals surface area contributed by atoms with Crippen LogP contribution in [0.2, 0.25) is 0 Å². The Morgan fingerprint density at radius 3 is 2.18 bits per heavy atom. The molecule has 1 unspecified atom stereocenters. The largest absolute Gasteiger partial charge is 0.316 e. The first-order valence-corrected chi connectivity index (χ1v) is 6.66. The molecule has 1 atom stereocenters. The lowest BCUT2D eigenvalue weighted by Crippen LogP contribution is -2.37. The van der Waals surface area contributed by atoms with Crippen molar-refractivity contribution >= 4 is 0 Å². The van der Waals surface area contributed by atoms with Crippen molar-refractivity contribution in [2.45, 2.75) is 53.0 Å². The summed E-state index contributed by atoms with van der Waals surface area (Å²) >= 11 is 0. The molecular formula is C16H27N. The molecular weight excluding hydrogens is 206 g/mol. The maximum Gasteiger partial charge on any atom is 0.0113 e. The second kappa shape index (κ2) is 6.20. The van der Waals surface area contributed by atoms with Gasteiger partial charge in [-0.1, -0.05) is 50.6 Å². The Labute approximate surface area is 107 Å². The standard InChI is InChI=1S/C16H27N/c1-13-9-11-14(12-10-13)7-6-8-15(17-5)16(2,3)4/h9-12,15,17H,6-8H2,1-5H3. The van der Waals surface area contributed by atoms with Crippen LogP contribution in [0.3, 0.4) is 0 Å². The van der Waals surface area contributed by atoms with Gasteiger partial charge in [0.25, 0.3) is 0 Å². The molecule has 0 aliphatic rings. The van der Waals surface area contributed by atoms with Crippen LogP contribution in [0.5, 0.6) is 0 Å². The summed E-state index contributed by atoms with van der Waals surface area (Å²) in [6.07, 6.45) is 3.69. The molecule has 0 heterocycles. The van der Waals surface area contributed by atoms with Crippen molar-refractivity contribution in [3.8, 4) is 0 Å². The maximum atomic E-state index is 3.44. The molecule has 0 saturated heterocycles.